The molecular weight excluding hydrogens is 393 g/mol. The van der Waals surface area contributed by atoms with Crippen LogP contribution in [0.25, 0.3) is 10.4 Å². The number of thiazole rings is 1. The van der Waals surface area contributed by atoms with Gasteiger partial charge in [0.2, 0.25) is 5.91 Å². The number of anilines is 1. The molecule has 2 aromatic heterocycles. The maximum absolute atomic E-state index is 13.0. The van der Waals surface area contributed by atoms with Crippen LogP contribution < -0.4 is 11.1 Å². The van der Waals surface area contributed by atoms with Gasteiger partial charge in [-0.15, -0.1) is 23.1 Å². The van der Waals surface area contributed by atoms with Crippen LogP contribution in [0.5, 0.6) is 0 Å². The molecular formula is C17H14FN3O2S3. The Kier molecular flexibility index (Phi) is 5.70. The van der Waals surface area contributed by atoms with Crippen molar-refractivity contribution in [2.24, 2.45) is 5.73 Å². The predicted octanol–water partition coefficient (Wildman–Crippen LogP) is 4.15. The predicted molar refractivity (Wildman–Crippen MR) is 104 cm³/mol. The van der Waals surface area contributed by atoms with Crippen molar-refractivity contribution in [3.8, 4) is 10.4 Å². The van der Waals surface area contributed by atoms with Gasteiger partial charge in [-0.3, -0.25) is 14.9 Å². The van der Waals surface area contributed by atoms with E-state index in [1.54, 1.807) is 18.2 Å². The summed E-state index contributed by atoms with van der Waals surface area (Å²) in [7, 11) is 0. The molecule has 0 aliphatic rings. The zero-order valence-corrected chi connectivity index (χ0v) is 16.1. The summed E-state index contributed by atoms with van der Waals surface area (Å²) in [6.07, 6.45) is 0. The van der Waals surface area contributed by atoms with Crippen molar-refractivity contribution in [1.29, 1.82) is 0 Å². The standard InChI is InChI=1S/C17H14FN3O2S3/c1-9-16(24-8-14(19)22)26-17(20-9)21-15(23)13-7-6-12(25-13)10-2-4-11(18)5-3-10/h2-7H,8H2,1H3,(H2,19,22)(H,20,21,23). The molecule has 134 valence electrons. The van der Waals surface area contributed by atoms with Gasteiger partial charge in [0.25, 0.3) is 5.91 Å². The Balaban J connectivity index is 1.70. The van der Waals surface area contributed by atoms with Gasteiger partial charge in [-0.1, -0.05) is 23.5 Å². The van der Waals surface area contributed by atoms with Gasteiger partial charge in [0, 0.05) is 4.88 Å². The largest absolute Gasteiger partial charge is 0.369 e. The van der Waals surface area contributed by atoms with Crippen LogP contribution >= 0.6 is 34.4 Å². The number of amides is 2. The first kappa shape index (κ1) is 18.6. The zero-order valence-electron chi connectivity index (χ0n) is 13.6. The number of halogens is 1. The smallest absolute Gasteiger partial charge is 0.267 e. The summed E-state index contributed by atoms with van der Waals surface area (Å²) in [6, 6.07) is 9.68. The fourth-order valence-electron chi connectivity index (χ4n) is 2.09. The molecule has 0 aliphatic heterocycles. The number of carbonyl (C=O) groups is 2. The van der Waals surface area contributed by atoms with Crippen molar-refractivity contribution in [3.63, 3.8) is 0 Å². The van der Waals surface area contributed by atoms with Gasteiger partial charge in [0.15, 0.2) is 5.13 Å². The number of hydrogen-bond acceptors (Lipinski definition) is 6. The maximum atomic E-state index is 13.0. The lowest BCUT2D eigenvalue weighted by Crippen LogP contribution is -2.12. The SMILES string of the molecule is Cc1nc(NC(=O)c2ccc(-c3ccc(F)cc3)s2)sc1SCC(N)=O. The summed E-state index contributed by atoms with van der Waals surface area (Å²) in [5, 5.41) is 3.24. The lowest BCUT2D eigenvalue weighted by molar-refractivity contribution is -0.115. The van der Waals surface area contributed by atoms with Crippen molar-refractivity contribution >= 4 is 51.4 Å². The molecule has 3 aromatic rings. The highest BCUT2D eigenvalue weighted by Crippen LogP contribution is 2.33. The number of nitrogens with zero attached hydrogens (tertiary/aromatic N) is 1. The van der Waals surface area contributed by atoms with E-state index in [1.165, 1.54) is 46.6 Å². The Bertz CT molecular complexity index is 951. The van der Waals surface area contributed by atoms with Gasteiger partial charge in [-0.2, -0.15) is 0 Å². The normalized spacial score (nSPS) is 10.7. The molecule has 1 aromatic carbocycles. The summed E-state index contributed by atoms with van der Waals surface area (Å²) in [5.41, 5.74) is 6.75. The minimum absolute atomic E-state index is 0.169. The summed E-state index contributed by atoms with van der Waals surface area (Å²) in [6.45, 7) is 1.81. The Morgan fingerprint density at radius 2 is 1.92 bits per heavy atom. The molecule has 0 saturated carbocycles. The Hall–Kier alpha value is -2.23. The first-order valence-electron chi connectivity index (χ1n) is 7.48. The van der Waals surface area contributed by atoms with Crippen molar-refractivity contribution in [3.05, 3.63) is 52.8 Å². The average Bonchev–Trinajstić information content (AvgIpc) is 3.21. The minimum Gasteiger partial charge on any atom is -0.369 e. The van der Waals surface area contributed by atoms with E-state index >= 15 is 0 Å². The van der Waals surface area contributed by atoms with Crippen LogP contribution in [0.15, 0.2) is 40.6 Å². The molecule has 0 unspecified atom stereocenters. The molecule has 9 heteroatoms. The number of benzene rings is 1. The fourth-order valence-corrected chi connectivity index (χ4v) is 4.87. The van der Waals surface area contributed by atoms with Gasteiger partial charge in [-0.05, 0) is 36.8 Å². The number of primary amides is 1. The Morgan fingerprint density at radius 1 is 1.19 bits per heavy atom. The lowest BCUT2D eigenvalue weighted by atomic mass is 10.2. The van der Waals surface area contributed by atoms with Crippen LogP contribution in [0.2, 0.25) is 0 Å². The topological polar surface area (TPSA) is 85.1 Å². The number of rotatable bonds is 6. The Morgan fingerprint density at radius 3 is 2.62 bits per heavy atom. The molecule has 5 nitrogen and oxygen atoms in total. The summed E-state index contributed by atoms with van der Waals surface area (Å²) in [4.78, 5) is 29.0. The van der Waals surface area contributed by atoms with E-state index in [1.807, 2.05) is 13.0 Å². The van der Waals surface area contributed by atoms with E-state index in [-0.39, 0.29) is 17.5 Å². The average molecular weight is 408 g/mol. The van der Waals surface area contributed by atoms with E-state index in [2.05, 4.69) is 10.3 Å². The summed E-state index contributed by atoms with van der Waals surface area (Å²) in [5.74, 6) is -0.793. The second-order valence-corrected chi connectivity index (χ2v) is 8.60. The molecule has 0 aliphatic carbocycles. The molecule has 0 saturated heterocycles. The molecule has 26 heavy (non-hydrogen) atoms. The third-order valence-electron chi connectivity index (χ3n) is 3.28. The maximum Gasteiger partial charge on any atom is 0.267 e. The highest BCUT2D eigenvalue weighted by molar-refractivity contribution is 8.01. The molecule has 0 atom stereocenters. The van der Waals surface area contributed by atoms with Crippen LogP contribution in [-0.4, -0.2) is 22.6 Å². The molecule has 0 fully saturated rings. The van der Waals surface area contributed by atoms with Gasteiger partial charge in [0.05, 0.1) is 20.5 Å². The first-order valence-corrected chi connectivity index (χ1v) is 10.1. The van der Waals surface area contributed by atoms with E-state index in [4.69, 9.17) is 5.73 Å². The zero-order chi connectivity index (χ0) is 18.7. The van der Waals surface area contributed by atoms with Crippen molar-refractivity contribution in [1.82, 2.24) is 4.98 Å². The number of nitrogens with one attached hydrogen (secondary N) is 1. The van der Waals surface area contributed by atoms with Crippen LogP contribution in [-0.2, 0) is 4.79 Å². The number of nitrogens with two attached hydrogens (primary N) is 1. The highest BCUT2D eigenvalue weighted by Gasteiger charge is 2.15. The summed E-state index contributed by atoms with van der Waals surface area (Å²) >= 11 is 3.93. The molecule has 0 bridgehead atoms. The summed E-state index contributed by atoms with van der Waals surface area (Å²) < 4.78 is 13.9. The van der Waals surface area contributed by atoms with Gasteiger partial charge < -0.3 is 5.73 Å². The lowest BCUT2D eigenvalue weighted by Gasteiger charge is -1.98. The third kappa shape index (κ3) is 4.48. The quantitative estimate of drug-likeness (QED) is 0.601. The molecule has 0 spiro atoms. The first-order chi connectivity index (χ1) is 12.4. The highest BCUT2D eigenvalue weighted by atomic mass is 32.2. The number of thioether (sulfide) groups is 1. The number of carbonyl (C=O) groups excluding carboxylic acids is 2. The van der Waals surface area contributed by atoms with Crippen LogP contribution in [0, 0.1) is 12.7 Å². The number of hydrogen-bond donors (Lipinski definition) is 2. The molecule has 3 N–H and O–H groups in total. The van der Waals surface area contributed by atoms with E-state index in [0.29, 0.717) is 10.0 Å². The van der Waals surface area contributed by atoms with E-state index in [0.717, 1.165) is 20.3 Å². The van der Waals surface area contributed by atoms with Gasteiger partial charge in [-0.25, -0.2) is 9.37 Å². The molecule has 0 radical (unpaired) electrons. The molecule has 2 amide bonds. The van der Waals surface area contributed by atoms with Crippen molar-refractivity contribution in [2.45, 2.75) is 11.1 Å². The van der Waals surface area contributed by atoms with Crippen LogP contribution in [0.3, 0.4) is 0 Å². The number of thiophene rings is 1. The second kappa shape index (κ2) is 7.98. The third-order valence-corrected chi connectivity index (χ3v) is 6.87. The Labute approximate surface area is 161 Å². The molecule has 2 heterocycles. The van der Waals surface area contributed by atoms with E-state index in [9.17, 15) is 14.0 Å². The minimum atomic E-state index is -0.403. The number of aromatic nitrogens is 1. The van der Waals surface area contributed by atoms with E-state index < -0.39 is 5.91 Å². The fraction of sp³-hybridized carbons (Fsp3) is 0.118. The number of aryl methyl sites for hydroxylation is 1. The second-order valence-electron chi connectivity index (χ2n) is 5.27. The van der Waals surface area contributed by atoms with Crippen molar-refractivity contribution in [2.75, 3.05) is 11.1 Å². The monoisotopic (exact) mass is 407 g/mol. The van der Waals surface area contributed by atoms with Crippen LogP contribution in [0.4, 0.5) is 9.52 Å². The molecule has 3 rings (SSSR count). The van der Waals surface area contributed by atoms with Crippen LogP contribution in [0.1, 0.15) is 15.4 Å². The van der Waals surface area contributed by atoms with Gasteiger partial charge >= 0.3 is 0 Å². The van der Waals surface area contributed by atoms with Crippen molar-refractivity contribution < 1.29 is 14.0 Å². The van der Waals surface area contributed by atoms with Gasteiger partial charge in [0.1, 0.15) is 5.82 Å².